The number of carbonyl (C=O) groups is 4. The SMILES string of the molecule is N[C@@H](CO)C(=O)N[C@@H](CS)C(=O)NCC(=O)N[C@@H](Cc1ccccc1)C(=O)O. The van der Waals surface area contributed by atoms with Crippen LogP contribution in [0.2, 0.25) is 0 Å². The Morgan fingerprint density at radius 3 is 2.21 bits per heavy atom. The van der Waals surface area contributed by atoms with E-state index in [0.29, 0.717) is 0 Å². The molecule has 3 amide bonds. The Balaban J connectivity index is 2.55. The van der Waals surface area contributed by atoms with E-state index < -0.39 is 55.0 Å². The maximum Gasteiger partial charge on any atom is 0.326 e. The summed E-state index contributed by atoms with van der Waals surface area (Å²) in [5.74, 6) is -3.41. The number of amides is 3. The predicted molar refractivity (Wildman–Crippen MR) is 104 cm³/mol. The smallest absolute Gasteiger partial charge is 0.326 e. The van der Waals surface area contributed by atoms with E-state index in [9.17, 15) is 24.3 Å². The fourth-order valence-electron chi connectivity index (χ4n) is 2.14. The standard InChI is InChI=1S/C17H24N4O6S/c18-11(8-22)15(24)21-13(9-28)16(25)19-7-14(23)20-12(17(26)27)6-10-4-2-1-3-5-10/h1-5,11-13,22,28H,6-9,18H2,(H,19,25)(H,20,23)(H,21,24)(H,26,27)/t11-,12-,13-/m0/s1. The van der Waals surface area contributed by atoms with Crippen LogP contribution in [-0.2, 0) is 25.6 Å². The van der Waals surface area contributed by atoms with Gasteiger partial charge >= 0.3 is 5.97 Å². The number of carbonyl (C=O) groups excluding carboxylic acids is 3. The van der Waals surface area contributed by atoms with E-state index in [-0.39, 0.29) is 12.2 Å². The highest BCUT2D eigenvalue weighted by molar-refractivity contribution is 7.80. The number of aliphatic hydroxyl groups excluding tert-OH is 1. The third-order valence-electron chi connectivity index (χ3n) is 3.69. The zero-order valence-electron chi connectivity index (χ0n) is 15.0. The molecule has 0 unspecified atom stereocenters. The summed E-state index contributed by atoms with van der Waals surface area (Å²) in [7, 11) is 0. The zero-order valence-corrected chi connectivity index (χ0v) is 15.9. The first-order valence-corrected chi connectivity index (χ1v) is 9.03. The fourth-order valence-corrected chi connectivity index (χ4v) is 2.40. The van der Waals surface area contributed by atoms with Crippen molar-refractivity contribution in [1.29, 1.82) is 0 Å². The summed E-state index contributed by atoms with van der Waals surface area (Å²) in [5.41, 5.74) is 6.08. The number of rotatable bonds is 11. The van der Waals surface area contributed by atoms with Crippen molar-refractivity contribution in [3.05, 3.63) is 35.9 Å². The molecule has 0 heterocycles. The maximum atomic E-state index is 12.1. The zero-order chi connectivity index (χ0) is 21.1. The molecule has 0 radical (unpaired) electrons. The second-order valence-electron chi connectivity index (χ2n) is 5.90. The van der Waals surface area contributed by atoms with Gasteiger partial charge in [-0.05, 0) is 5.56 Å². The molecule has 0 saturated carbocycles. The molecule has 0 aliphatic carbocycles. The van der Waals surface area contributed by atoms with Gasteiger partial charge in [-0.1, -0.05) is 30.3 Å². The number of nitrogens with one attached hydrogen (secondary N) is 3. The molecule has 10 nitrogen and oxygen atoms in total. The third-order valence-corrected chi connectivity index (χ3v) is 4.05. The summed E-state index contributed by atoms with van der Waals surface area (Å²) in [4.78, 5) is 47.0. The van der Waals surface area contributed by atoms with Gasteiger partial charge in [0.25, 0.3) is 0 Å². The summed E-state index contributed by atoms with van der Waals surface area (Å²) >= 11 is 3.95. The van der Waals surface area contributed by atoms with Crippen LogP contribution in [0.5, 0.6) is 0 Å². The van der Waals surface area contributed by atoms with Gasteiger partial charge in [0.1, 0.15) is 18.1 Å². The summed E-state index contributed by atoms with van der Waals surface area (Å²) in [6.45, 7) is -1.07. The van der Waals surface area contributed by atoms with Gasteiger partial charge in [-0.3, -0.25) is 14.4 Å². The van der Waals surface area contributed by atoms with E-state index in [1.54, 1.807) is 30.3 Å². The van der Waals surface area contributed by atoms with Crippen LogP contribution in [0.4, 0.5) is 0 Å². The van der Waals surface area contributed by atoms with Crippen molar-refractivity contribution in [2.24, 2.45) is 5.73 Å². The topological polar surface area (TPSA) is 171 Å². The van der Waals surface area contributed by atoms with Crippen LogP contribution in [0.25, 0.3) is 0 Å². The van der Waals surface area contributed by atoms with Crippen LogP contribution in [0, 0.1) is 0 Å². The Labute approximate surface area is 167 Å². The minimum Gasteiger partial charge on any atom is -0.480 e. The summed E-state index contributed by atoms with van der Waals surface area (Å²) in [5, 5.41) is 25.0. The number of benzene rings is 1. The second kappa shape index (κ2) is 12.0. The molecule has 1 rings (SSSR count). The van der Waals surface area contributed by atoms with E-state index in [0.717, 1.165) is 5.56 Å². The molecule has 7 N–H and O–H groups in total. The Morgan fingerprint density at radius 2 is 1.68 bits per heavy atom. The first-order chi connectivity index (χ1) is 13.3. The van der Waals surface area contributed by atoms with Gasteiger partial charge < -0.3 is 31.9 Å². The molecule has 0 aliphatic rings. The number of aliphatic carboxylic acids is 1. The molecule has 0 aromatic heterocycles. The first kappa shape index (κ1) is 23.4. The maximum absolute atomic E-state index is 12.1. The van der Waals surface area contributed by atoms with Crippen LogP contribution >= 0.6 is 12.6 Å². The largest absolute Gasteiger partial charge is 0.480 e. The van der Waals surface area contributed by atoms with Crippen molar-refractivity contribution in [2.75, 3.05) is 18.9 Å². The summed E-state index contributed by atoms with van der Waals surface area (Å²) in [6, 6.07) is 5.36. The van der Waals surface area contributed by atoms with Gasteiger partial charge in [0, 0.05) is 12.2 Å². The lowest BCUT2D eigenvalue weighted by Crippen LogP contribution is -2.55. The van der Waals surface area contributed by atoms with Crippen LogP contribution in [0.3, 0.4) is 0 Å². The molecule has 1 aromatic carbocycles. The highest BCUT2D eigenvalue weighted by Crippen LogP contribution is 2.03. The fraction of sp³-hybridized carbons (Fsp3) is 0.412. The molecule has 0 aliphatic heterocycles. The van der Waals surface area contributed by atoms with Gasteiger partial charge in [0.15, 0.2) is 0 Å². The van der Waals surface area contributed by atoms with Crippen molar-refractivity contribution < 1.29 is 29.4 Å². The van der Waals surface area contributed by atoms with E-state index in [2.05, 4.69) is 28.6 Å². The average molecular weight is 412 g/mol. The molecule has 0 fully saturated rings. The van der Waals surface area contributed by atoms with Crippen LogP contribution < -0.4 is 21.7 Å². The Kier molecular flexibility index (Phi) is 9.99. The van der Waals surface area contributed by atoms with Gasteiger partial charge in [-0.25, -0.2) is 4.79 Å². The van der Waals surface area contributed by atoms with E-state index in [4.69, 9.17) is 10.8 Å². The Morgan fingerprint density at radius 1 is 1.04 bits per heavy atom. The second-order valence-corrected chi connectivity index (χ2v) is 6.26. The van der Waals surface area contributed by atoms with Crippen molar-refractivity contribution in [3.8, 4) is 0 Å². The van der Waals surface area contributed by atoms with Gasteiger partial charge in [0.2, 0.25) is 17.7 Å². The number of nitrogens with two attached hydrogens (primary N) is 1. The Bertz CT molecular complexity index is 687. The quantitative estimate of drug-likeness (QED) is 0.199. The van der Waals surface area contributed by atoms with E-state index >= 15 is 0 Å². The van der Waals surface area contributed by atoms with E-state index in [1.165, 1.54) is 0 Å². The highest BCUT2D eigenvalue weighted by atomic mass is 32.1. The molecule has 28 heavy (non-hydrogen) atoms. The molecule has 11 heteroatoms. The van der Waals surface area contributed by atoms with Crippen molar-refractivity contribution in [1.82, 2.24) is 16.0 Å². The number of hydrogen-bond donors (Lipinski definition) is 7. The minimum absolute atomic E-state index is 0.0664. The lowest BCUT2D eigenvalue weighted by molar-refractivity contribution is -0.141. The summed E-state index contributed by atoms with van der Waals surface area (Å²) < 4.78 is 0. The molecular weight excluding hydrogens is 388 g/mol. The van der Waals surface area contributed by atoms with Gasteiger partial charge in [-0.15, -0.1) is 0 Å². The first-order valence-electron chi connectivity index (χ1n) is 8.40. The lowest BCUT2D eigenvalue weighted by atomic mass is 10.1. The molecule has 0 bridgehead atoms. The average Bonchev–Trinajstić information content (AvgIpc) is 2.69. The molecular formula is C17H24N4O6S. The number of thiol groups is 1. The highest BCUT2D eigenvalue weighted by Gasteiger charge is 2.24. The molecule has 154 valence electrons. The lowest BCUT2D eigenvalue weighted by Gasteiger charge is -2.19. The molecule has 3 atom stereocenters. The van der Waals surface area contributed by atoms with Crippen LogP contribution in [-0.4, -0.2) is 70.9 Å². The van der Waals surface area contributed by atoms with Crippen LogP contribution in [0.15, 0.2) is 30.3 Å². The number of carboxylic acids is 1. The predicted octanol–water partition coefficient (Wildman–Crippen LogP) is -2.35. The van der Waals surface area contributed by atoms with Crippen molar-refractivity contribution in [2.45, 2.75) is 24.5 Å². The van der Waals surface area contributed by atoms with Crippen molar-refractivity contribution in [3.63, 3.8) is 0 Å². The molecule has 0 spiro atoms. The van der Waals surface area contributed by atoms with Crippen LogP contribution in [0.1, 0.15) is 5.56 Å². The minimum atomic E-state index is -1.21. The van der Waals surface area contributed by atoms with Gasteiger partial charge in [-0.2, -0.15) is 12.6 Å². The van der Waals surface area contributed by atoms with E-state index in [1.807, 2.05) is 0 Å². The number of carboxylic acid groups (broad SMARTS) is 1. The number of aliphatic hydroxyl groups is 1. The third kappa shape index (κ3) is 7.94. The monoisotopic (exact) mass is 412 g/mol. The molecule has 0 saturated heterocycles. The van der Waals surface area contributed by atoms with Crippen molar-refractivity contribution >= 4 is 36.3 Å². The normalized spacial score (nSPS) is 13.7. The van der Waals surface area contributed by atoms with Gasteiger partial charge in [0.05, 0.1) is 13.2 Å². The summed E-state index contributed by atoms with van der Waals surface area (Å²) in [6.07, 6.45) is 0.0875. The number of hydrogen-bond acceptors (Lipinski definition) is 7. The Hall–Kier alpha value is -2.63. The molecule has 1 aromatic rings.